The molecule has 0 radical (unpaired) electrons. The number of halogens is 1. The lowest BCUT2D eigenvalue weighted by Gasteiger charge is -2.38. The van der Waals surface area contributed by atoms with E-state index in [-0.39, 0.29) is 11.8 Å². The number of thioether (sulfide) groups is 1. The Bertz CT molecular complexity index is 649. The highest BCUT2D eigenvalue weighted by Gasteiger charge is 2.41. The zero-order valence-electron chi connectivity index (χ0n) is 18.1. The molecule has 0 saturated heterocycles. The molecule has 1 rings (SSSR count). The van der Waals surface area contributed by atoms with Gasteiger partial charge in [-0.2, -0.15) is 0 Å². The first-order valence-corrected chi connectivity index (χ1v) is 11.8. The highest BCUT2D eigenvalue weighted by molar-refractivity contribution is 8.01. The van der Waals surface area contributed by atoms with Crippen LogP contribution in [-0.2, 0) is 26.4 Å². The maximum Gasteiger partial charge on any atom is 0.321 e. The molecule has 1 aromatic carbocycles. The van der Waals surface area contributed by atoms with Gasteiger partial charge in [0.25, 0.3) is 0 Å². The van der Waals surface area contributed by atoms with Crippen LogP contribution < -0.4 is 4.72 Å². The van der Waals surface area contributed by atoms with Crippen LogP contribution in [0.1, 0.15) is 66.9 Å². The summed E-state index contributed by atoms with van der Waals surface area (Å²) < 4.78 is 34.7. The minimum absolute atomic E-state index is 0.265. The molecule has 1 unspecified atom stereocenters. The molecular formula is C21H34FNO3S2. The Morgan fingerprint density at radius 2 is 1.82 bits per heavy atom. The van der Waals surface area contributed by atoms with Crippen molar-refractivity contribution < 1.29 is 18.5 Å². The van der Waals surface area contributed by atoms with Crippen LogP contribution in [0.3, 0.4) is 0 Å². The Kier molecular flexibility index (Phi) is 9.32. The van der Waals surface area contributed by atoms with Gasteiger partial charge >= 0.3 is 5.97 Å². The van der Waals surface area contributed by atoms with E-state index in [2.05, 4.69) is 4.72 Å². The van der Waals surface area contributed by atoms with Crippen molar-refractivity contribution in [3.8, 4) is 0 Å². The molecule has 0 aliphatic rings. The lowest BCUT2D eigenvalue weighted by Crippen LogP contribution is -2.52. The third-order valence-corrected chi connectivity index (χ3v) is 7.58. The van der Waals surface area contributed by atoms with Crippen molar-refractivity contribution in [1.29, 1.82) is 0 Å². The molecule has 0 aliphatic carbocycles. The summed E-state index contributed by atoms with van der Waals surface area (Å²) in [5.74, 6) is -0.000808. The van der Waals surface area contributed by atoms with Gasteiger partial charge < -0.3 is 9.29 Å². The largest absolute Gasteiger partial charge is 0.598 e. The summed E-state index contributed by atoms with van der Waals surface area (Å²) in [5, 5.41) is 0. The van der Waals surface area contributed by atoms with Gasteiger partial charge in [-0.05, 0) is 66.2 Å². The highest BCUT2D eigenvalue weighted by atomic mass is 32.2. The van der Waals surface area contributed by atoms with Gasteiger partial charge in [0, 0.05) is 16.9 Å². The molecule has 1 aromatic rings. The fraction of sp³-hybridized carbons (Fsp3) is 0.667. The average molecular weight is 432 g/mol. The lowest BCUT2D eigenvalue weighted by atomic mass is 9.85. The van der Waals surface area contributed by atoms with Gasteiger partial charge in [0.15, 0.2) is 0 Å². The molecule has 1 N–H and O–H groups in total. The van der Waals surface area contributed by atoms with Crippen molar-refractivity contribution in [2.75, 3.05) is 12.4 Å². The summed E-state index contributed by atoms with van der Waals surface area (Å²) in [6.07, 6.45) is 1.09. The second kappa shape index (κ2) is 10.3. The summed E-state index contributed by atoms with van der Waals surface area (Å²) in [7, 11) is 0. The second-order valence-corrected chi connectivity index (χ2v) is 11.9. The maximum atomic E-state index is 14.7. The fourth-order valence-electron chi connectivity index (χ4n) is 2.70. The van der Waals surface area contributed by atoms with Crippen LogP contribution in [-0.4, -0.2) is 32.4 Å². The minimum Gasteiger partial charge on any atom is -0.598 e. The monoisotopic (exact) mass is 431 g/mol. The van der Waals surface area contributed by atoms with E-state index in [1.807, 2.05) is 41.5 Å². The van der Waals surface area contributed by atoms with Gasteiger partial charge in [0.1, 0.15) is 15.3 Å². The van der Waals surface area contributed by atoms with Crippen molar-refractivity contribution >= 4 is 29.1 Å². The highest BCUT2D eigenvalue weighted by Crippen LogP contribution is 2.37. The molecule has 28 heavy (non-hydrogen) atoms. The van der Waals surface area contributed by atoms with Gasteiger partial charge in [-0.25, -0.2) is 4.39 Å². The Labute approximate surface area is 176 Å². The summed E-state index contributed by atoms with van der Waals surface area (Å²) in [5.41, 5.74) is -0.286. The maximum absolute atomic E-state index is 14.7. The molecule has 0 aliphatic heterocycles. The molecule has 4 nitrogen and oxygen atoms in total. The average Bonchev–Trinajstić information content (AvgIpc) is 2.60. The lowest BCUT2D eigenvalue weighted by molar-refractivity contribution is -0.145. The Morgan fingerprint density at radius 1 is 1.21 bits per heavy atom. The molecule has 2 atom stereocenters. The molecule has 0 heterocycles. The van der Waals surface area contributed by atoms with E-state index in [1.165, 1.54) is 17.8 Å². The van der Waals surface area contributed by atoms with Gasteiger partial charge in [-0.3, -0.25) is 4.79 Å². The molecular weight excluding hydrogens is 397 g/mol. The van der Waals surface area contributed by atoms with Crippen LogP contribution in [0.15, 0.2) is 24.3 Å². The molecule has 0 bridgehead atoms. The first-order valence-electron chi connectivity index (χ1n) is 9.65. The number of hydrogen-bond acceptors (Lipinski definition) is 5. The molecule has 160 valence electrons. The number of rotatable bonds is 10. The number of ether oxygens (including phenoxy) is 1. The standard InChI is InChI=1S/C21H34FNO3S2/c1-8-21(23-28(25)19(3,4)5,16-12-10-11-13-17(16)22)14-15-27-20(6,7)18(24)26-9-2/h10-13,23H,8-9,14-15H2,1-7H3/t21-,28?/m0/s1. The number of nitrogens with one attached hydrogen (secondary N) is 1. The number of hydrogen-bond donors (Lipinski definition) is 1. The molecule has 7 heteroatoms. The summed E-state index contributed by atoms with van der Waals surface area (Å²) in [6.45, 7) is 13.4. The van der Waals surface area contributed by atoms with E-state index in [0.29, 0.717) is 30.8 Å². The van der Waals surface area contributed by atoms with Crippen LogP contribution in [0.5, 0.6) is 0 Å². The zero-order valence-corrected chi connectivity index (χ0v) is 19.7. The van der Waals surface area contributed by atoms with Crippen LogP contribution in [0.4, 0.5) is 4.39 Å². The predicted octanol–water partition coefficient (Wildman–Crippen LogP) is 4.95. The summed E-state index contributed by atoms with van der Waals surface area (Å²) >= 11 is 0.0988. The molecule has 0 saturated carbocycles. The van der Waals surface area contributed by atoms with Crippen molar-refractivity contribution in [2.24, 2.45) is 0 Å². The van der Waals surface area contributed by atoms with Crippen LogP contribution in [0, 0.1) is 5.82 Å². The minimum atomic E-state index is -1.37. The van der Waals surface area contributed by atoms with E-state index < -0.39 is 26.4 Å². The van der Waals surface area contributed by atoms with Crippen molar-refractivity contribution in [2.45, 2.75) is 76.3 Å². The van der Waals surface area contributed by atoms with Gasteiger partial charge in [0.05, 0.1) is 12.1 Å². The second-order valence-electron chi connectivity index (χ2n) is 8.23. The molecule has 0 amide bonds. The van der Waals surface area contributed by atoms with Gasteiger partial charge in [-0.1, -0.05) is 25.1 Å². The fourth-order valence-corrected chi connectivity index (χ4v) is 4.86. The normalized spacial score (nSPS) is 15.8. The quantitative estimate of drug-likeness (QED) is 0.420. The third kappa shape index (κ3) is 6.65. The Morgan fingerprint density at radius 3 is 2.32 bits per heavy atom. The molecule has 0 fully saturated rings. The number of carbonyl (C=O) groups is 1. The number of benzene rings is 1. The van der Waals surface area contributed by atoms with Crippen molar-refractivity contribution in [3.05, 3.63) is 35.6 Å². The smallest absolute Gasteiger partial charge is 0.321 e. The summed E-state index contributed by atoms with van der Waals surface area (Å²) in [4.78, 5) is 12.2. The zero-order chi connectivity index (χ0) is 21.6. The van der Waals surface area contributed by atoms with Crippen molar-refractivity contribution in [1.82, 2.24) is 4.72 Å². The molecule has 0 spiro atoms. The van der Waals surface area contributed by atoms with E-state index in [0.717, 1.165) is 0 Å². The predicted molar refractivity (Wildman–Crippen MR) is 117 cm³/mol. The van der Waals surface area contributed by atoms with Crippen LogP contribution >= 0.6 is 11.8 Å². The third-order valence-electron chi connectivity index (χ3n) is 4.60. The van der Waals surface area contributed by atoms with Gasteiger partial charge in [0.2, 0.25) is 0 Å². The number of carbonyl (C=O) groups excluding carboxylic acids is 1. The van der Waals surface area contributed by atoms with E-state index in [9.17, 15) is 13.7 Å². The van der Waals surface area contributed by atoms with Gasteiger partial charge in [-0.15, -0.1) is 16.5 Å². The first-order chi connectivity index (χ1) is 12.9. The Balaban J connectivity index is 3.11. The van der Waals surface area contributed by atoms with Crippen molar-refractivity contribution in [3.63, 3.8) is 0 Å². The topological polar surface area (TPSA) is 61.4 Å². The van der Waals surface area contributed by atoms with E-state index in [1.54, 1.807) is 25.1 Å². The first kappa shape index (κ1) is 25.3. The van der Waals surface area contributed by atoms with E-state index in [4.69, 9.17) is 4.74 Å². The molecule has 0 aromatic heterocycles. The van der Waals surface area contributed by atoms with E-state index >= 15 is 0 Å². The Hall–Kier alpha value is -0.760. The van der Waals surface area contributed by atoms with Crippen LogP contribution in [0.2, 0.25) is 0 Å². The SMILES string of the molecule is CCOC(=O)C(C)(C)SCC[C@](CC)(N[S+]([O-])C(C)(C)C)c1ccccc1F. The summed E-state index contributed by atoms with van der Waals surface area (Å²) in [6, 6.07) is 6.61. The number of esters is 1. The van der Waals surface area contributed by atoms with Crippen LogP contribution in [0.25, 0.3) is 0 Å².